The van der Waals surface area contributed by atoms with Crippen molar-refractivity contribution in [3.05, 3.63) is 35.4 Å². The molecule has 0 aliphatic carbocycles. The zero-order valence-corrected chi connectivity index (χ0v) is 10.4. The molecule has 0 amide bonds. The van der Waals surface area contributed by atoms with Gasteiger partial charge in [-0.25, -0.2) is 0 Å². The Kier molecular flexibility index (Phi) is 6.12. The molecule has 0 radical (unpaired) electrons. The molecule has 0 aromatic heterocycles. The van der Waals surface area contributed by atoms with Crippen LogP contribution in [-0.2, 0) is 11.2 Å². The summed E-state index contributed by atoms with van der Waals surface area (Å²) in [6.45, 7) is 3.73. The largest absolute Gasteiger partial charge is 0.385 e. The normalized spacial score (nSPS) is 12.7. The van der Waals surface area contributed by atoms with Gasteiger partial charge in [-0.05, 0) is 44.2 Å². The predicted molar refractivity (Wildman–Crippen MR) is 68.5 cm³/mol. The lowest BCUT2D eigenvalue weighted by atomic mass is 9.94. The third-order valence-electron chi connectivity index (χ3n) is 2.90. The maximum Gasteiger partial charge on any atom is 0.0462 e. The van der Waals surface area contributed by atoms with E-state index in [2.05, 4.69) is 31.2 Å². The standard InChI is InChI=1S/C14H23NO/c1-12-5-3-6-13(9-12)10-14(11-15)7-4-8-16-2/h3,5-6,9,14H,4,7-8,10-11,15H2,1-2H3. The average molecular weight is 221 g/mol. The molecule has 90 valence electrons. The summed E-state index contributed by atoms with van der Waals surface area (Å²) < 4.78 is 5.07. The van der Waals surface area contributed by atoms with Gasteiger partial charge in [0, 0.05) is 13.7 Å². The first-order valence-electron chi connectivity index (χ1n) is 6.00. The molecule has 1 unspecified atom stereocenters. The van der Waals surface area contributed by atoms with Gasteiger partial charge in [0.2, 0.25) is 0 Å². The maximum absolute atomic E-state index is 5.80. The minimum atomic E-state index is 0.581. The zero-order chi connectivity index (χ0) is 11.8. The van der Waals surface area contributed by atoms with Crippen LogP contribution >= 0.6 is 0 Å². The van der Waals surface area contributed by atoms with Gasteiger partial charge < -0.3 is 10.5 Å². The number of aryl methyl sites for hydroxylation is 1. The summed E-state index contributed by atoms with van der Waals surface area (Å²) in [6.07, 6.45) is 3.34. The molecule has 0 saturated heterocycles. The van der Waals surface area contributed by atoms with Crippen molar-refractivity contribution in [3.8, 4) is 0 Å². The monoisotopic (exact) mass is 221 g/mol. The van der Waals surface area contributed by atoms with E-state index in [-0.39, 0.29) is 0 Å². The third kappa shape index (κ3) is 4.77. The van der Waals surface area contributed by atoms with E-state index in [0.29, 0.717) is 5.92 Å². The second-order valence-corrected chi connectivity index (χ2v) is 4.43. The Bertz CT molecular complexity index is 299. The summed E-state index contributed by atoms with van der Waals surface area (Å²) in [7, 11) is 1.75. The number of hydrogen-bond acceptors (Lipinski definition) is 2. The molecule has 1 aromatic carbocycles. The van der Waals surface area contributed by atoms with Crippen LogP contribution in [0.5, 0.6) is 0 Å². The van der Waals surface area contributed by atoms with Crippen molar-refractivity contribution in [1.82, 2.24) is 0 Å². The van der Waals surface area contributed by atoms with E-state index in [1.807, 2.05) is 0 Å². The molecule has 16 heavy (non-hydrogen) atoms. The molecule has 1 atom stereocenters. The summed E-state index contributed by atoms with van der Waals surface area (Å²) in [5.74, 6) is 0.581. The molecule has 2 N–H and O–H groups in total. The Morgan fingerprint density at radius 3 is 2.81 bits per heavy atom. The van der Waals surface area contributed by atoms with Gasteiger partial charge in [0.25, 0.3) is 0 Å². The van der Waals surface area contributed by atoms with Crippen LogP contribution in [-0.4, -0.2) is 20.3 Å². The minimum absolute atomic E-state index is 0.581. The number of benzene rings is 1. The highest BCUT2D eigenvalue weighted by Crippen LogP contribution is 2.14. The zero-order valence-electron chi connectivity index (χ0n) is 10.4. The summed E-state index contributed by atoms with van der Waals surface area (Å²) in [6, 6.07) is 8.68. The third-order valence-corrected chi connectivity index (χ3v) is 2.90. The summed E-state index contributed by atoms with van der Waals surface area (Å²) >= 11 is 0. The van der Waals surface area contributed by atoms with Crippen molar-refractivity contribution in [3.63, 3.8) is 0 Å². The highest BCUT2D eigenvalue weighted by Gasteiger charge is 2.07. The molecule has 0 bridgehead atoms. The number of methoxy groups -OCH3 is 1. The summed E-state index contributed by atoms with van der Waals surface area (Å²) in [5, 5.41) is 0. The number of hydrogen-bond donors (Lipinski definition) is 1. The Hall–Kier alpha value is -0.860. The van der Waals surface area contributed by atoms with Crippen molar-refractivity contribution in [2.24, 2.45) is 11.7 Å². The second-order valence-electron chi connectivity index (χ2n) is 4.43. The lowest BCUT2D eigenvalue weighted by molar-refractivity contribution is 0.187. The van der Waals surface area contributed by atoms with E-state index in [1.54, 1.807) is 7.11 Å². The molecule has 0 fully saturated rings. The molecular formula is C14H23NO. The Morgan fingerprint density at radius 2 is 2.19 bits per heavy atom. The Balaban J connectivity index is 2.43. The van der Waals surface area contributed by atoms with Crippen LogP contribution in [0.2, 0.25) is 0 Å². The number of rotatable bonds is 7. The molecule has 0 aliphatic rings. The fourth-order valence-electron chi connectivity index (χ4n) is 1.99. The molecular weight excluding hydrogens is 198 g/mol. The fraction of sp³-hybridized carbons (Fsp3) is 0.571. The van der Waals surface area contributed by atoms with Crippen LogP contribution < -0.4 is 5.73 Å². The Labute approximate surface area is 98.8 Å². The van der Waals surface area contributed by atoms with Gasteiger partial charge in [-0.2, -0.15) is 0 Å². The lowest BCUT2D eigenvalue weighted by Crippen LogP contribution is -2.17. The van der Waals surface area contributed by atoms with Crippen molar-refractivity contribution in [1.29, 1.82) is 0 Å². The first-order chi connectivity index (χ1) is 7.76. The van der Waals surface area contributed by atoms with Gasteiger partial charge in [0.1, 0.15) is 0 Å². The molecule has 1 aromatic rings. The van der Waals surface area contributed by atoms with Crippen molar-refractivity contribution in [2.45, 2.75) is 26.2 Å². The Morgan fingerprint density at radius 1 is 1.38 bits per heavy atom. The molecule has 0 saturated carbocycles. The lowest BCUT2D eigenvalue weighted by Gasteiger charge is -2.14. The fourth-order valence-corrected chi connectivity index (χ4v) is 1.99. The SMILES string of the molecule is COCCCC(CN)Cc1cccc(C)c1. The van der Waals surface area contributed by atoms with Gasteiger partial charge >= 0.3 is 0 Å². The minimum Gasteiger partial charge on any atom is -0.385 e. The summed E-state index contributed by atoms with van der Waals surface area (Å²) in [5.41, 5.74) is 8.52. The second kappa shape index (κ2) is 7.42. The first kappa shape index (κ1) is 13.2. The van der Waals surface area contributed by atoms with Crippen molar-refractivity contribution in [2.75, 3.05) is 20.3 Å². The van der Waals surface area contributed by atoms with E-state index in [9.17, 15) is 0 Å². The van der Waals surface area contributed by atoms with Crippen LogP contribution in [0.15, 0.2) is 24.3 Å². The van der Waals surface area contributed by atoms with Crippen LogP contribution in [0.1, 0.15) is 24.0 Å². The molecule has 2 nitrogen and oxygen atoms in total. The van der Waals surface area contributed by atoms with Crippen molar-refractivity contribution < 1.29 is 4.74 Å². The van der Waals surface area contributed by atoms with E-state index in [0.717, 1.165) is 32.4 Å². The van der Waals surface area contributed by atoms with Crippen LogP contribution in [0.3, 0.4) is 0 Å². The maximum atomic E-state index is 5.80. The average Bonchev–Trinajstić information content (AvgIpc) is 2.28. The van der Waals surface area contributed by atoms with Gasteiger partial charge in [-0.15, -0.1) is 0 Å². The number of ether oxygens (including phenoxy) is 1. The van der Waals surface area contributed by atoms with Crippen LogP contribution in [0.4, 0.5) is 0 Å². The van der Waals surface area contributed by atoms with E-state index in [1.165, 1.54) is 11.1 Å². The van der Waals surface area contributed by atoms with E-state index < -0.39 is 0 Å². The summed E-state index contributed by atoms with van der Waals surface area (Å²) in [4.78, 5) is 0. The van der Waals surface area contributed by atoms with Crippen LogP contribution in [0.25, 0.3) is 0 Å². The van der Waals surface area contributed by atoms with Gasteiger partial charge in [-0.3, -0.25) is 0 Å². The first-order valence-corrected chi connectivity index (χ1v) is 6.00. The molecule has 0 heterocycles. The molecule has 2 heteroatoms. The van der Waals surface area contributed by atoms with Crippen molar-refractivity contribution >= 4 is 0 Å². The van der Waals surface area contributed by atoms with E-state index >= 15 is 0 Å². The molecule has 1 rings (SSSR count). The van der Waals surface area contributed by atoms with Gasteiger partial charge in [0.15, 0.2) is 0 Å². The van der Waals surface area contributed by atoms with E-state index in [4.69, 9.17) is 10.5 Å². The quantitative estimate of drug-likeness (QED) is 0.718. The number of nitrogens with two attached hydrogens (primary N) is 1. The molecule has 0 spiro atoms. The highest BCUT2D eigenvalue weighted by atomic mass is 16.5. The van der Waals surface area contributed by atoms with Crippen LogP contribution in [0, 0.1) is 12.8 Å². The predicted octanol–water partition coefficient (Wildman–Crippen LogP) is 2.54. The van der Waals surface area contributed by atoms with Gasteiger partial charge in [-0.1, -0.05) is 29.8 Å². The smallest absolute Gasteiger partial charge is 0.0462 e. The van der Waals surface area contributed by atoms with Gasteiger partial charge in [0.05, 0.1) is 0 Å². The molecule has 0 aliphatic heterocycles. The highest BCUT2D eigenvalue weighted by molar-refractivity contribution is 5.22. The topological polar surface area (TPSA) is 35.2 Å².